The number of ether oxygens (including phenoxy) is 1. The van der Waals surface area contributed by atoms with E-state index < -0.39 is 17.6 Å². The third kappa shape index (κ3) is 5.06. The molecule has 0 spiro atoms. The number of aromatic nitrogens is 3. The van der Waals surface area contributed by atoms with Crippen molar-refractivity contribution in [2.75, 3.05) is 11.9 Å². The molecule has 170 valence electrons. The van der Waals surface area contributed by atoms with Crippen molar-refractivity contribution in [1.29, 1.82) is 0 Å². The lowest BCUT2D eigenvalue weighted by Gasteiger charge is -2.09. The van der Waals surface area contributed by atoms with E-state index in [1.165, 1.54) is 28.2 Å². The monoisotopic (exact) mass is 472 g/mol. The Balaban J connectivity index is 1.58. The predicted octanol–water partition coefficient (Wildman–Crippen LogP) is 5.97. The number of thiazole rings is 1. The number of nitrogens with one attached hydrogen (secondary N) is 1. The second kappa shape index (κ2) is 9.07. The predicted molar refractivity (Wildman–Crippen MR) is 120 cm³/mol. The first kappa shape index (κ1) is 22.5. The molecule has 0 unspecified atom stereocenters. The molecule has 2 aromatic heterocycles. The molecule has 0 radical (unpaired) electrons. The zero-order chi connectivity index (χ0) is 23.6. The normalized spacial score (nSPS) is 11.4. The highest BCUT2D eigenvalue weighted by atomic mass is 32.1. The van der Waals surface area contributed by atoms with Gasteiger partial charge in [0.1, 0.15) is 11.6 Å². The van der Waals surface area contributed by atoms with Crippen LogP contribution in [0, 0.1) is 6.92 Å². The van der Waals surface area contributed by atoms with Crippen LogP contribution in [0.15, 0.2) is 60.0 Å². The molecule has 0 aliphatic rings. The molecule has 0 atom stereocenters. The summed E-state index contributed by atoms with van der Waals surface area (Å²) < 4.78 is 45.9. The van der Waals surface area contributed by atoms with Gasteiger partial charge in [-0.05, 0) is 56.3 Å². The van der Waals surface area contributed by atoms with Gasteiger partial charge in [-0.25, -0.2) is 4.98 Å². The van der Waals surface area contributed by atoms with Crippen LogP contribution in [0.25, 0.3) is 16.4 Å². The molecule has 0 saturated heterocycles. The van der Waals surface area contributed by atoms with Crippen molar-refractivity contribution in [3.8, 4) is 22.1 Å². The fourth-order valence-electron chi connectivity index (χ4n) is 3.14. The molecule has 0 saturated carbocycles. The number of benzene rings is 2. The van der Waals surface area contributed by atoms with Crippen molar-refractivity contribution in [2.45, 2.75) is 20.0 Å². The number of hydrogen-bond acceptors (Lipinski definition) is 5. The minimum Gasteiger partial charge on any atom is -0.494 e. The van der Waals surface area contributed by atoms with Gasteiger partial charge in [-0.15, -0.1) is 11.3 Å². The van der Waals surface area contributed by atoms with Crippen LogP contribution in [-0.2, 0) is 6.18 Å². The number of anilines is 1. The van der Waals surface area contributed by atoms with Gasteiger partial charge < -0.3 is 10.1 Å². The third-order valence-corrected chi connectivity index (χ3v) is 5.48. The summed E-state index contributed by atoms with van der Waals surface area (Å²) in [5.41, 5.74) is 1.23. The third-order valence-electron chi connectivity index (χ3n) is 4.66. The summed E-state index contributed by atoms with van der Waals surface area (Å²) >= 11 is 1.33. The molecule has 1 N–H and O–H groups in total. The second-order valence-corrected chi connectivity index (χ2v) is 7.92. The minimum atomic E-state index is -4.53. The van der Waals surface area contributed by atoms with Crippen LogP contribution in [0.2, 0.25) is 0 Å². The zero-order valence-electron chi connectivity index (χ0n) is 17.7. The van der Waals surface area contributed by atoms with Crippen LogP contribution in [-0.4, -0.2) is 27.3 Å². The molecular formula is C23H19F3N4O2S. The smallest absolute Gasteiger partial charge is 0.416 e. The van der Waals surface area contributed by atoms with Gasteiger partial charge >= 0.3 is 6.18 Å². The van der Waals surface area contributed by atoms with Crippen LogP contribution < -0.4 is 10.1 Å². The summed E-state index contributed by atoms with van der Waals surface area (Å²) in [4.78, 5) is 17.3. The highest BCUT2D eigenvalue weighted by molar-refractivity contribution is 7.12. The van der Waals surface area contributed by atoms with Gasteiger partial charge in [-0.3, -0.25) is 4.79 Å². The lowest BCUT2D eigenvalue weighted by Crippen LogP contribution is -2.16. The molecule has 0 fully saturated rings. The van der Waals surface area contributed by atoms with E-state index in [-0.39, 0.29) is 5.56 Å². The summed E-state index contributed by atoms with van der Waals surface area (Å²) in [7, 11) is 0. The molecule has 0 aliphatic heterocycles. The number of amides is 1. The molecule has 10 heteroatoms. The van der Waals surface area contributed by atoms with Gasteiger partial charge in [0.15, 0.2) is 0 Å². The van der Waals surface area contributed by atoms with Crippen LogP contribution in [0.1, 0.15) is 28.5 Å². The van der Waals surface area contributed by atoms with Crippen LogP contribution >= 0.6 is 11.3 Å². The Morgan fingerprint density at radius 1 is 1.15 bits per heavy atom. The van der Waals surface area contributed by atoms with Crippen LogP contribution in [0.5, 0.6) is 5.75 Å². The summed E-state index contributed by atoms with van der Waals surface area (Å²) in [6, 6.07) is 13.4. The van der Waals surface area contributed by atoms with E-state index in [0.717, 1.165) is 29.1 Å². The largest absolute Gasteiger partial charge is 0.494 e. The Kier molecular flexibility index (Phi) is 6.19. The van der Waals surface area contributed by atoms with Gasteiger partial charge in [-0.2, -0.15) is 23.0 Å². The number of halogens is 3. The van der Waals surface area contributed by atoms with E-state index >= 15 is 0 Å². The Bertz CT molecular complexity index is 1280. The lowest BCUT2D eigenvalue weighted by molar-refractivity contribution is -0.137. The minimum absolute atomic E-state index is 0.107. The Hall–Kier alpha value is -3.66. The highest BCUT2D eigenvalue weighted by Crippen LogP contribution is 2.30. The first-order chi connectivity index (χ1) is 15.7. The molecule has 33 heavy (non-hydrogen) atoms. The maximum absolute atomic E-state index is 13.0. The molecule has 2 aromatic carbocycles. The van der Waals surface area contributed by atoms with Crippen LogP contribution in [0.3, 0.4) is 0 Å². The van der Waals surface area contributed by atoms with Gasteiger partial charge in [0.2, 0.25) is 5.13 Å². The average Bonchev–Trinajstić information content (AvgIpc) is 3.40. The van der Waals surface area contributed by atoms with Crippen molar-refractivity contribution in [3.05, 3.63) is 76.8 Å². The Labute approximate surface area is 191 Å². The Morgan fingerprint density at radius 2 is 1.91 bits per heavy atom. The molecule has 4 aromatic rings. The quantitative estimate of drug-likeness (QED) is 0.375. The van der Waals surface area contributed by atoms with Gasteiger partial charge in [-0.1, -0.05) is 6.07 Å². The molecule has 1 amide bonds. The van der Waals surface area contributed by atoms with E-state index in [1.54, 1.807) is 13.0 Å². The SMILES string of the molecule is CCOc1ccc(-c2csc(-n3nc(C)cc3NC(=O)c3cccc(C(F)(F)F)c3)n2)cc1. The molecule has 0 bridgehead atoms. The number of carbonyl (C=O) groups excluding carboxylic acids is 1. The maximum atomic E-state index is 13.0. The average molecular weight is 472 g/mol. The van der Waals surface area contributed by atoms with Crippen molar-refractivity contribution >= 4 is 23.1 Å². The van der Waals surface area contributed by atoms with Gasteiger partial charge in [0.05, 0.1) is 23.6 Å². The number of hydrogen-bond donors (Lipinski definition) is 1. The summed E-state index contributed by atoms with van der Waals surface area (Å²) in [6.45, 7) is 4.24. The fraction of sp³-hybridized carbons (Fsp3) is 0.174. The van der Waals surface area contributed by atoms with Crippen molar-refractivity contribution in [3.63, 3.8) is 0 Å². The summed E-state index contributed by atoms with van der Waals surface area (Å²) in [5.74, 6) is 0.395. The lowest BCUT2D eigenvalue weighted by atomic mass is 10.1. The van der Waals surface area contributed by atoms with E-state index in [2.05, 4.69) is 15.4 Å². The number of alkyl halides is 3. The summed E-state index contributed by atoms with van der Waals surface area (Å²) in [6.07, 6.45) is -4.53. The summed E-state index contributed by atoms with van der Waals surface area (Å²) in [5, 5.41) is 9.39. The first-order valence-corrected chi connectivity index (χ1v) is 10.9. The van der Waals surface area contributed by atoms with E-state index in [0.29, 0.717) is 23.3 Å². The van der Waals surface area contributed by atoms with Crippen molar-refractivity contribution in [2.24, 2.45) is 0 Å². The van der Waals surface area contributed by atoms with E-state index in [4.69, 9.17) is 4.74 Å². The number of rotatable bonds is 6. The topological polar surface area (TPSA) is 69.0 Å². The van der Waals surface area contributed by atoms with Crippen molar-refractivity contribution in [1.82, 2.24) is 14.8 Å². The molecular weight excluding hydrogens is 453 g/mol. The fourth-order valence-corrected chi connectivity index (χ4v) is 3.94. The van der Waals surface area contributed by atoms with Gasteiger partial charge in [0, 0.05) is 22.6 Å². The first-order valence-electron chi connectivity index (χ1n) is 9.99. The number of nitrogens with zero attached hydrogens (tertiary/aromatic N) is 3. The van der Waals surface area contributed by atoms with E-state index in [1.807, 2.05) is 36.6 Å². The Morgan fingerprint density at radius 3 is 2.61 bits per heavy atom. The molecule has 4 rings (SSSR count). The van der Waals surface area contributed by atoms with Gasteiger partial charge in [0.25, 0.3) is 5.91 Å². The second-order valence-electron chi connectivity index (χ2n) is 7.09. The van der Waals surface area contributed by atoms with Crippen molar-refractivity contribution < 1.29 is 22.7 Å². The van der Waals surface area contributed by atoms with E-state index in [9.17, 15) is 18.0 Å². The number of aryl methyl sites for hydroxylation is 1. The molecule has 0 aliphatic carbocycles. The molecule has 2 heterocycles. The number of carbonyl (C=O) groups is 1. The standard InChI is InChI=1S/C23H19F3N4O2S/c1-3-32-18-9-7-15(8-10-18)19-13-33-22(27-19)30-20(11-14(2)29-30)28-21(31)16-5-4-6-17(12-16)23(24,25)26/h4-13H,3H2,1-2H3,(H,28,31). The maximum Gasteiger partial charge on any atom is 0.416 e. The van der Waals surface area contributed by atoms with Crippen LogP contribution in [0.4, 0.5) is 19.0 Å². The molecule has 6 nitrogen and oxygen atoms in total. The highest BCUT2D eigenvalue weighted by Gasteiger charge is 2.31. The zero-order valence-corrected chi connectivity index (χ0v) is 18.5.